The number of aryl methyl sites for hydroxylation is 2. The average molecular weight is 545 g/mol. The first-order valence-electron chi connectivity index (χ1n) is 12.4. The summed E-state index contributed by atoms with van der Waals surface area (Å²) in [6.45, 7) is 3.39. The number of nitrogens with zero attached hydrogens (tertiary/aromatic N) is 1. The first kappa shape index (κ1) is 27.7. The van der Waals surface area contributed by atoms with Gasteiger partial charge >= 0.3 is 0 Å². The molecule has 4 aromatic carbocycles. The maximum atomic E-state index is 14.0. The van der Waals surface area contributed by atoms with Crippen molar-refractivity contribution in [3.63, 3.8) is 0 Å². The summed E-state index contributed by atoms with van der Waals surface area (Å²) in [6, 6.07) is 28.3. The van der Waals surface area contributed by atoms with Gasteiger partial charge in [0.05, 0.1) is 30.8 Å². The van der Waals surface area contributed by atoms with Gasteiger partial charge in [0.25, 0.3) is 10.0 Å². The van der Waals surface area contributed by atoms with Gasteiger partial charge in [-0.3, -0.25) is 9.10 Å². The molecule has 1 atom stereocenters. The van der Waals surface area contributed by atoms with E-state index < -0.39 is 28.5 Å². The largest absolute Gasteiger partial charge is 0.497 e. The van der Waals surface area contributed by atoms with Crippen molar-refractivity contribution in [3.8, 4) is 11.5 Å². The smallest absolute Gasteiger partial charge is 0.264 e. The van der Waals surface area contributed by atoms with Crippen LogP contribution in [-0.2, 0) is 14.8 Å². The highest BCUT2D eigenvalue weighted by molar-refractivity contribution is 7.92. The van der Waals surface area contributed by atoms with Crippen molar-refractivity contribution in [2.45, 2.75) is 24.8 Å². The number of benzene rings is 4. The van der Waals surface area contributed by atoms with E-state index in [9.17, 15) is 13.2 Å². The van der Waals surface area contributed by atoms with Crippen LogP contribution in [0.3, 0.4) is 0 Å². The molecule has 39 heavy (non-hydrogen) atoms. The molecule has 1 N–H and O–H groups in total. The molecule has 1 amide bonds. The summed E-state index contributed by atoms with van der Waals surface area (Å²) in [7, 11) is -1.22. The van der Waals surface area contributed by atoms with E-state index in [4.69, 9.17) is 9.47 Å². The number of amides is 1. The van der Waals surface area contributed by atoms with Crippen LogP contribution in [0.2, 0.25) is 0 Å². The Morgan fingerprint density at radius 1 is 0.795 bits per heavy atom. The van der Waals surface area contributed by atoms with Gasteiger partial charge in [0.15, 0.2) is 0 Å². The van der Waals surface area contributed by atoms with Crippen LogP contribution in [0.4, 0.5) is 5.69 Å². The SMILES string of the molecule is COc1ccc(OC)c(N(CC(=O)N[C@H](c2ccccc2)c2ccc(C)cc2)S(=O)(=O)c2ccc(C)cc2)c1. The third-order valence-corrected chi connectivity index (χ3v) is 8.17. The molecular formula is C31H32N2O5S. The van der Waals surface area contributed by atoms with Crippen LogP contribution >= 0.6 is 0 Å². The summed E-state index contributed by atoms with van der Waals surface area (Å²) in [5, 5.41) is 3.05. The lowest BCUT2D eigenvalue weighted by molar-refractivity contribution is -0.120. The monoisotopic (exact) mass is 544 g/mol. The van der Waals surface area contributed by atoms with Gasteiger partial charge in [0, 0.05) is 6.07 Å². The number of methoxy groups -OCH3 is 2. The standard InChI is InChI=1S/C31H32N2O5S/c1-22-10-14-25(15-11-22)31(24-8-6-5-7-9-24)32-30(34)21-33(28-20-26(37-3)16-19-29(28)38-4)39(35,36)27-17-12-23(2)13-18-27/h5-20,31H,21H2,1-4H3,(H,32,34)/t31-/m1/s1. The van der Waals surface area contributed by atoms with E-state index >= 15 is 0 Å². The zero-order valence-electron chi connectivity index (χ0n) is 22.4. The highest BCUT2D eigenvalue weighted by atomic mass is 32.2. The van der Waals surface area contributed by atoms with E-state index in [0.29, 0.717) is 5.75 Å². The quantitative estimate of drug-likeness (QED) is 0.288. The minimum absolute atomic E-state index is 0.0592. The minimum atomic E-state index is -4.16. The molecule has 0 saturated heterocycles. The van der Waals surface area contributed by atoms with Crippen LogP contribution in [0.1, 0.15) is 28.3 Å². The van der Waals surface area contributed by atoms with E-state index in [1.807, 2.05) is 68.4 Å². The second-order valence-corrected chi connectivity index (χ2v) is 11.0. The molecule has 0 saturated carbocycles. The number of hydrogen-bond donors (Lipinski definition) is 1. The van der Waals surface area contributed by atoms with Crippen molar-refractivity contribution in [1.29, 1.82) is 0 Å². The summed E-state index contributed by atoms with van der Waals surface area (Å²) >= 11 is 0. The van der Waals surface area contributed by atoms with Crippen LogP contribution in [0.5, 0.6) is 11.5 Å². The van der Waals surface area contributed by atoms with Crippen LogP contribution in [0, 0.1) is 13.8 Å². The Bertz CT molecular complexity index is 1520. The van der Waals surface area contributed by atoms with Crippen molar-refractivity contribution >= 4 is 21.6 Å². The third-order valence-electron chi connectivity index (χ3n) is 6.40. The molecule has 0 heterocycles. The van der Waals surface area contributed by atoms with E-state index in [0.717, 1.165) is 26.6 Å². The highest BCUT2D eigenvalue weighted by Gasteiger charge is 2.31. The molecule has 0 aromatic heterocycles. The zero-order valence-corrected chi connectivity index (χ0v) is 23.2. The molecule has 0 bridgehead atoms. The van der Waals surface area contributed by atoms with Gasteiger partial charge < -0.3 is 14.8 Å². The molecule has 7 nitrogen and oxygen atoms in total. The van der Waals surface area contributed by atoms with E-state index in [-0.39, 0.29) is 16.3 Å². The fourth-order valence-electron chi connectivity index (χ4n) is 4.23. The number of ether oxygens (including phenoxy) is 2. The molecule has 4 rings (SSSR count). The van der Waals surface area contributed by atoms with E-state index in [1.54, 1.807) is 30.3 Å². The molecule has 0 spiro atoms. The fourth-order valence-corrected chi connectivity index (χ4v) is 5.65. The van der Waals surface area contributed by atoms with Crippen molar-refractivity contribution in [2.24, 2.45) is 0 Å². The van der Waals surface area contributed by atoms with Crippen LogP contribution < -0.4 is 19.1 Å². The second kappa shape index (κ2) is 12.0. The van der Waals surface area contributed by atoms with Crippen molar-refractivity contribution in [1.82, 2.24) is 5.32 Å². The number of carbonyl (C=O) groups is 1. The molecule has 0 radical (unpaired) electrons. The second-order valence-electron chi connectivity index (χ2n) is 9.18. The number of rotatable bonds is 10. The number of nitrogens with one attached hydrogen (secondary N) is 1. The van der Waals surface area contributed by atoms with Crippen LogP contribution in [0.25, 0.3) is 0 Å². The van der Waals surface area contributed by atoms with E-state index in [1.165, 1.54) is 26.4 Å². The number of hydrogen-bond acceptors (Lipinski definition) is 5. The maximum absolute atomic E-state index is 14.0. The summed E-state index contributed by atoms with van der Waals surface area (Å²) in [5.41, 5.74) is 3.96. The molecule has 8 heteroatoms. The number of anilines is 1. The van der Waals surface area contributed by atoms with Crippen molar-refractivity contribution < 1.29 is 22.7 Å². The third kappa shape index (κ3) is 6.41. The summed E-state index contributed by atoms with van der Waals surface area (Å²) < 4.78 is 39.8. The van der Waals surface area contributed by atoms with Crippen molar-refractivity contribution in [3.05, 3.63) is 119 Å². The van der Waals surface area contributed by atoms with Gasteiger partial charge in [-0.05, 0) is 49.2 Å². The van der Waals surface area contributed by atoms with Gasteiger partial charge in [-0.25, -0.2) is 8.42 Å². The van der Waals surface area contributed by atoms with Gasteiger partial charge in [0.1, 0.15) is 18.0 Å². The summed E-state index contributed by atoms with van der Waals surface area (Å²) in [4.78, 5) is 13.7. The summed E-state index contributed by atoms with van der Waals surface area (Å²) in [6.07, 6.45) is 0. The molecule has 0 fully saturated rings. The molecule has 0 aliphatic heterocycles. The molecular weight excluding hydrogens is 512 g/mol. The number of carbonyl (C=O) groups excluding carboxylic acids is 1. The van der Waals surface area contributed by atoms with Gasteiger partial charge in [-0.2, -0.15) is 0 Å². The lowest BCUT2D eigenvalue weighted by Gasteiger charge is -2.27. The average Bonchev–Trinajstić information content (AvgIpc) is 2.95. The molecule has 0 aliphatic carbocycles. The lowest BCUT2D eigenvalue weighted by Crippen LogP contribution is -2.42. The van der Waals surface area contributed by atoms with E-state index in [2.05, 4.69) is 5.32 Å². The summed E-state index contributed by atoms with van der Waals surface area (Å²) in [5.74, 6) is 0.236. The molecule has 0 aliphatic rings. The lowest BCUT2D eigenvalue weighted by atomic mass is 9.98. The Morgan fingerprint density at radius 2 is 1.38 bits per heavy atom. The zero-order chi connectivity index (χ0) is 28.0. The van der Waals surface area contributed by atoms with Gasteiger partial charge in [-0.1, -0.05) is 77.9 Å². The number of sulfonamides is 1. The predicted molar refractivity (Wildman–Crippen MR) is 153 cm³/mol. The van der Waals surface area contributed by atoms with Gasteiger partial charge in [0.2, 0.25) is 5.91 Å². The first-order chi connectivity index (χ1) is 18.7. The highest BCUT2D eigenvalue weighted by Crippen LogP contribution is 2.36. The topological polar surface area (TPSA) is 84.9 Å². The Kier molecular flexibility index (Phi) is 8.56. The predicted octanol–water partition coefficient (Wildman–Crippen LogP) is 5.42. The first-order valence-corrected chi connectivity index (χ1v) is 13.9. The molecule has 0 unspecified atom stereocenters. The Hall–Kier alpha value is -4.30. The van der Waals surface area contributed by atoms with Crippen LogP contribution in [-0.4, -0.2) is 35.1 Å². The normalized spacial score (nSPS) is 11.9. The fraction of sp³-hybridized carbons (Fsp3) is 0.194. The molecule has 202 valence electrons. The van der Waals surface area contributed by atoms with Crippen LogP contribution in [0.15, 0.2) is 102 Å². The maximum Gasteiger partial charge on any atom is 0.264 e. The van der Waals surface area contributed by atoms with Gasteiger partial charge in [-0.15, -0.1) is 0 Å². The Morgan fingerprint density at radius 3 is 1.97 bits per heavy atom. The minimum Gasteiger partial charge on any atom is -0.497 e. The Labute approximate surface area is 230 Å². The Balaban J connectivity index is 1.75. The molecule has 4 aromatic rings. The van der Waals surface area contributed by atoms with Crippen molar-refractivity contribution in [2.75, 3.05) is 25.1 Å².